The molecule has 0 bridgehead atoms. The molecule has 158 valence electrons. The highest BCUT2D eigenvalue weighted by atomic mass is 35.5. The first-order valence-corrected chi connectivity index (χ1v) is 10.9. The van der Waals surface area contributed by atoms with E-state index < -0.39 is 5.25 Å². The number of aromatic nitrogens is 3. The van der Waals surface area contributed by atoms with Crippen molar-refractivity contribution in [3.05, 3.63) is 58.1 Å². The molecule has 30 heavy (non-hydrogen) atoms. The number of nitrogens with zero attached hydrogens (tertiary/aromatic N) is 3. The predicted molar refractivity (Wildman–Crippen MR) is 120 cm³/mol. The van der Waals surface area contributed by atoms with Crippen molar-refractivity contribution in [2.45, 2.75) is 50.1 Å². The average Bonchev–Trinajstić information content (AvgIpc) is 3.12. The minimum absolute atomic E-state index is 0.194. The van der Waals surface area contributed by atoms with Gasteiger partial charge in [-0.25, -0.2) is 4.98 Å². The summed E-state index contributed by atoms with van der Waals surface area (Å²) < 4.78 is 6.55. The van der Waals surface area contributed by atoms with Crippen molar-refractivity contribution in [3.63, 3.8) is 0 Å². The smallest absolute Gasteiger partial charge is 0.262 e. The lowest BCUT2D eigenvalue weighted by Gasteiger charge is -2.18. The number of nitrogens with one attached hydrogen (secondary N) is 1. The normalized spacial score (nSPS) is 12.1. The van der Waals surface area contributed by atoms with Crippen LogP contribution in [0.1, 0.15) is 31.9 Å². The van der Waals surface area contributed by atoms with Crippen LogP contribution in [-0.4, -0.2) is 25.9 Å². The molecular formula is C21H23ClN4O3S. The summed E-state index contributed by atoms with van der Waals surface area (Å²) in [5.41, 5.74) is 0.304. The Labute approximate surface area is 183 Å². The van der Waals surface area contributed by atoms with E-state index in [1.54, 1.807) is 37.3 Å². The zero-order chi connectivity index (χ0) is 21.7. The Balaban J connectivity index is 1.97. The largest absolute Gasteiger partial charge is 0.360 e. The van der Waals surface area contributed by atoms with E-state index in [2.05, 4.69) is 29.0 Å². The summed E-state index contributed by atoms with van der Waals surface area (Å²) in [6, 6.07) is 6.63. The van der Waals surface area contributed by atoms with E-state index in [9.17, 15) is 9.59 Å². The quantitative estimate of drug-likeness (QED) is 0.288. The number of anilines is 1. The third kappa shape index (κ3) is 5.12. The van der Waals surface area contributed by atoms with Gasteiger partial charge in [0.2, 0.25) is 5.91 Å². The van der Waals surface area contributed by atoms with E-state index in [0.29, 0.717) is 39.1 Å². The third-order valence-corrected chi connectivity index (χ3v) is 5.93. The number of fused-ring (bicyclic) bond motifs is 1. The van der Waals surface area contributed by atoms with Crippen LogP contribution in [-0.2, 0) is 11.3 Å². The van der Waals surface area contributed by atoms with Gasteiger partial charge in [0, 0.05) is 17.6 Å². The van der Waals surface area contributed by atoms with Gasteiger partial charge < -0.3 is 9.84 Å². The number of rotatable bonds is 9. The van der Waals surface area contributed by atoms with Gasteiger partial charge in [0.15, 0.2) is 11.0 Å². The Morgan fingerprint density at radius 1 is 1.43 bits per heavy atom. The molecule has 7 nitrogen and oxygen atoms in total. The topological polar surface area (TPSA) is 90.0 Å². The lowest BCUT2D eigenvalue weighted by atomic mass is 10.2. The molecule has 0 fully saturated rings. The molecule has 1 N–H and O–H groups in total. The summed E-state index contributed by atoms with van der Waals surface area (Å²) in [5, 5.41) is 7.56. The number of benzene rings is 1. The molecule has 0 aliphatic rings. The zero-order valence-electron chi connectivity index (χ0n) is 16.9. The molecule has 0 radical (unpaired) electrons. The number of aryl methyl sites for hydroxylation is 1. The molecule has 9 heteroatoms. The first kappa shape index (κ1) is 22.1. The summed E-state index contributed by atoms with van der Waals surface area (Å²) in [5.74, 6) is 0.754. The minimum atomic E-state index is -0.457. The molecule has 1 atom stereocenters. The van der Waals surface area contributed by atoms with E-state index in [4.69, 9.17) is 16.1 Å². The fourth-order valence-electron chi connectivity index (χ4n) is 2.95. The lowest BCUT2D eigenvalue weighted by molar-refractivity contribution is -0.115. The Morgan fingerprint density at radius 2 is 2.23 bits per heavy atom. The van der Waals surface area contributed by atoms with Gasteiger partial charge in [-0.05, 0) is 31.5 Å². The number of carbonyl (C=O) groups excluding carboxylic acids is 1. The second kappa shape index (κ2) is 9.95. The van der Waals surface area contributed by atoms with Crippen molar-refractivity contribution in [2.24, 2.45) is 0 Å². The van der Waals surface area contributed by atoms with Gasteiger partial charge in [0.05, 0.1) is 16.2 Å². The van der Waals surface area contributed by atoms with Crippen molar-refractivity contribution >= 4 is 46.0 Å². The summed E-state index contributed by atoms with van der Waals surface area (Å²) >= 11 is 7.34. The summed E-state index contributed by atoms with van der Waals surface area (Å²) in [4.78, 5) is 30.6. The lowest BCUT2D eigenvalue weighted by Crippen LogP contribution is -2.28. The van der Waals surface area contributed by atoms with Crippen LogP contribution in [0.4, 0.5) is 5.82 Å². The maximum absolute atomic E-state index is 13.0. The molecule has 0 saturated carbocycles. The van der Waals surface area contributed by atoms with Crippen LogP contribution < -0.4 is 10.9 Å². The molecule has 3 rings (SSSR count). The second-order valence-corrected chi connectivity index (χ2v) is 8.43. The summed E-state index contributed by atoms with van der Waals surface area (Å²) in [6.45, 7) is 7.84. The van der Waals surface area contributed by atoms with Crippen LogP contribution in [0.25, 0.3) is 10.9 Å². The Morgan fingerprint density at radius 3 is 2.90 bits per heavy atom. The van der Waals surface area contributed by atoms with Crippen LogP contribution in [0.15, 0.2) is 51.4 Å². The maximum Gasteiger partial charge on any atom is 0.262 e. The highest BCUT2D eigenvalue weighted by Gasteiger charge is 2.24. The van der Waals surface area contributed by atoms with Gasteiger partial charge in [-0.3, -0.25) is 14.2 Å². The highest BCUT2D eigenvalue weighted by molar-refractivity contribution is 8.00. The van der Waals surface area contributed by atoms with E-state index in [1.807, 2.05) is 0 Å². The van der Waals surface area contributed by atoms with Crippen molar-refractivity contribution in [1.29, 1.82) is 0 Å². The predicted octanol–water partition coefficient (Wildman–Crippen LogP) is 4.82. The number of carbonyl (C=O) groups is 1. The third-order valence-electron chi connectivity index (χ3n) is 4.43. The SMILES string of the molecule is C=CCn1c(SC(CCCC)C(=O)Nc2cc(C)on2)nc2cc(Cl)ccc2c1=O. The average molecular weight is 447 g/mol. The molecular weight excluding hydrogens is 424 g/mol. The van der Waals surface area contributed by atoms with Crippen LogP contribution in [0.5, 0.6) is 0 Å². The molecule has 0 saturated heterocycles. The fraction of sp³-hybridized carbons (Fsp3) is 0.333. The Bertz CT molecular complexity index is 1130. The fourth-order valence-corrected chi connectivity index (χ4v) is 4.25. The van der Waals surface area contributed by atoms with E-state index in [1.165, 1.54) is 16.3 Å². The summed E-state index contributed by atoms with van der Waals surface area (Å²) in [6.07, 6.45) is 4.05. The van der Waals surface area contributed by atoms with Crippen molar-refractivity contribution < 1.29 is 9.32 Å². The number of halogens is 1. The number of hydrogen-bond acceptors (Lipinski definition) is 6. The van der Waals surface area contributed by atoms with Crippen LogP contribution >= 0.6 is 23.4 Å². The number of amides is 1. The van der Waals surface area contributed by atoms with E-state index >= 15 is 0 Å². The van der Waals surface area contributed by atoms with Crippen molar-refractivity contribution in [3.8, 4) is 0 Å². The van der Waals surface area contributed by atoms with Gasteiger partial charge >= 0.3 is 0 Å². The van der Waals surface area contributed by atoms with Gasteiger partial charge in [-0.2, -0.15) is 0 Å². The Kier molecular flexibility index (Phi) is 7.33. The standard InChI is InChI=1S/C21H23ClN4O3S/c1-4-6-7-17(19(27)24-18-11-13(3)29-25-18)30-21-23-16-12-14(22)8-9-15(16)20(28)26(21)10-5-2/h5,8-9,11-12,17H,2,4,6-7,10H2,1,3H3,(H,24,25,27). The monoisotopic (exact) mass is 446 g/mol. The Hall–Kier alpha value is -2.58. The number of thioether (sulfide) groups is 1. The van der Waals surface area contributed by atoms with Crippen LogP contribution in [0, 0.1) is 6.92 Å². The second-order valence-electron chi connectivity index (χ2n) is 6.82. The van der Waals surface area contributed by atoms with Gasteiger partial charge in [-0.15, -0.1) is 6.58 Å². The zero-order valence-corrected chi connectivity index (χ0v) is 18.4. The van der Waals surface area contributed by atoms with E-state index in [0.717, 1.165) is 12.8 Å². The molecule has 3 aromatic rings. The van der Waals surface area contributed by atoms with Gasteiger partial charge in [0.25, 0.3) is 5.56 Å². The van der Waals surface area contributed by atoms with E-state index in [-0.39, 0.29) is 18.0 Å². The first-order valence-electron chi connectivity index (χ1n) is 9.64. The van der Waals surface area contributed by atoms with Crippen molar-refractivity contribution in [1.82, 2.24) is 14.7 Å². The molecule has 1 aromatic carbocycles. The molecule has 2 heterocycles. The molecule has 0 aliphatic carbocycles. The first-order chi connectivity index (χ1) is 14.4. The van der Waals surface area contributed by atoms with Gasteiger partial charge in [-0.1, -0.05) is 54.4 Å². The highest BCUT2D eigenvalue weighted by Crippen LogP contribution is 2.28. The molecule has 2 aromatic heterocycles. The molecule has 0 aliphatic heterocycles. The van der Waals surface area contributed by atoms with Crippen molar-refractivity contribution in [2.75, 3.05) is 5.32 Å². The molecule has 1 unspecified atom stereocenters. The number of unbranched alkanes of at least 4 members (excludes halogenated alkanes) is 1. The minimum Gasteiger partial charge on any atom is -0.360 e. The van der Waals surface area contributed by atoms with Crippen LogP contribution in [0.3, 0.4) is 0 Å². The number of allylic oxidation sites excluding steroid dienone is 1. The summed E-state index contributed by atoms with van der Waals surface area (Å²) in [7, 11) is 0. The van der Waals surface area contributed by atoms with Crippen LogP contribution in [0.2, 0.25) is 5.02 Å². The maximum atomic E-state index is 13.0. The molecule has 1 amide bonds. The molecule has 0 spiro atoms. The number of hydrogen-bond donors (Lipinski definition) is 1. The van der Waals surface area contributed by atoms with Gasteiger partial charge in [0.1, 0.15) is 5.76 Å².